The molecule has 1 aromatic heterocycles. The van der Waals surface area contributed by atoms with Crippen LogP contribution in [0.1, 0.15) is 0 Å². The van der Waals surface area contributed by atoms with Gasteiger partial charge in [0.15, 0.2) is 5.82 Å². The number of β-amino-alcohol motifs (C(OH)–C–C–N with tert-alkyl or cyclic N) is 1. The SMILES string of the molecule is Nc1ncc2c(n1)N(CCO)I=N2. The molecule has 0 unspecified atom stereocenters. The van der Waals surface area contributed by atoms with E-state index >= 15 is 0 Å². The fourth-order valence-electron chi connectivity index (χ4n) is 0.971. The minimum Gasteiger partial charge on any atom is -0.395 e. The summed E-state index contributed by atoms with van der Waals surface area (Å²) in [5, 5.41) is 8.78. The van der Waals surface area contributed by atoms with Crippen LogP contribution in [0.2, 0.25) is 0 Å². The number of hydrogen-bond acceptors (Lipinski definition) is 6. The number of nitrogens with two attached hydrogens (primary N) is 1. The smallest absolute Gasteiger partial charge is 0.222 e. The number of hydrogen-bond donors (Lipinski definition) is 2. The third-order valence-corrected chi connectivity index (χ3v) is 3.71. The molecule has 0 fully saturated rings. The summed E-state index contributed by atoms with van der Waals surface area (Å²) in [5.74, 6) is 1.01. The Labute approximate surface area is 85.3 Å². The molecule has 0 saturated heterocycles. The molecule has 13 heavy (non-hydrogen) atoms. The Morgan fingerprint density at radius 1 is 1.62 bits per heavy atom. The number of aromatic nitrogens is 2. The minimum absolute atomic E-state index is 0.110. The first-order valence-electron chi connectivity index (χ1n) is 3.67. The van der Waals surface area contributed by atoms with E-state index in [9.17, 15) is 0 Å². The molecule has 2 rings (SSSR count). The highest BCUT2D eigenvalue weighted by Gasteiger charge is 2.17. The highest BCUT2D eigenvalue weighted by molar-refractivity contribution is 14.2. The van der Waals surface area contributed by atoms with Crippen molar-refractivity contribution in [2.45, 2.75) is 0 Å². The van der Waals surface area contributed by atoms with Crippen molar-refractivity contribution < 1.29 is 5.11 Å². The van der Waals surface area contributed by atoms with Crippen molar-refractivity contribution in [3.63, 3.8) is 0 Å². The molecule has 0 bridgehead atoms. The van der Waals surface area contributed by atoms with Crippen LogP contribution in [-0.4, -0.2) is 28.2 Å². The summed E-state index contributed by atoms with van der Waals surface area (Å²) in [5.41, 5.74) is 6.24. The van der Waals surface area contributed by atoms with E-state index in [0.717, 1.165) is 11.5 Å². The first-order chi connectivity index (χ1) is 6.31. The fourth-order valence-corrected chi connectivity index (χ4v) is 2.80. The molecular weight excluding hydrogens is 285 g/mol. The van der Waals surface area contributed by atoms with Crippen LogP contribution in [0.15, 0.2) is 9.34 Å². The van der Waals surface area contributed by atoms with Crippen LogP contribution < -0.4 is 8.85 Å². The molecular formula is C6H8IN5O. The minimum atomic E-state index is -0.432. The third-order valence-electron chi connectivity index (χ3n) is 1.51. The Morgan fingerprint density at radius 2 is 2.46 bits per heavy atom. The lowest BCUT2D eigenvalue weighted by Gasteiger charge is -2.11. The molecule has 0 amide bonds. The van der Waals surface area contributed by atoms with Crippen molar-refractivity contribution in [1.82, 2.24) is 9.97 Å². The summed E-state index contributed by atoms with van der Waals surface area (Å²) in [6.07, 6.45) is 1.62. The van der Waals surface area contributed by atoms with Gasteiger partial charge in [0.2, 0.25) is 5.95 Å². The molecule has 0 atom stereocenters. The molecule has 0 saturated carbocycles. The molecule has 1 aliphatic rings. The van der Waals surface area contributed by atoms with Gasteiger partial charge in [-0.05, 0) is 0 Å². The van der Waals surface area contributed by atoms with Crippen LogP contribution in [0.5, 0.6) is 0 Å². The Hall–Kier alpha value is -0.830. The highest BCUT2D eigenvalue weighted by atomic mass is 127. The second-order valence-electron chi connectivity index (χ2n) is 2.41. The van der Waals surface area contributed by atoms with Crippen LogP contribution in [0.4, 0.5) is 17.5 Å². The van der Waals surface area contributed by atoms with Gasteiger partial charge in [0, 0.05) is 0 Å². The van der Waals surface area contributed by atoms with E-state index in [-0.39, 0.29) is 12.6 Å². The van der Waals surface area contributed by atoms with Crippen LogP contribution in [0.25, 0.3) is 0 Å². The number of nitrogens with zero attached hydrogens (tertiary/aromatic N) is 4. The number of aliphatic hydroxyl groups is 1. The van der Waals surface area contributed by atoms with Gasteiger partial charge < -0.3 is 10.8 Å². The van der Waals surface area contributed by atoms with Crippen LogP contribution in [-0.2, 0) is 0 Å². The Morgan fingerprint density at radius 3 is 3.23 bits per heavy atom. The third kappa shape index (κ3) is 1.61. The predicted octanol–water partition coefficient (Wildman–Crippen LogP) is 0.572. The Bertz CT molecular complexity index is 355. The van der Waals surface area contributed by atoms with Gasteiger partial charge in [0.1, 0.15) is 27.0 Å². The molecule has 0 radical (unpaired) electrons. The van der Waals surface area contributed by atoms with Crippen LogP contribution >= 0.6 is 21.3 Å². The molecule has 70 valence electrons. The zero-order valence-corrected chi connectivity index (χ0v) is 8.84. The maximum atomic E-state index is 8.78. The van der Waals surface area contributed by atoms with Crippen molar-refractivity contribution in [3.8, 4) is 0 Å². The summed E-state index contributed by atoms with van der Waals surface area (Å²) < 4.78 is 6.25. The normalized spacial score (nSPS) is 14.1. The summed E-state index contributed by atoms with van der Waals surface area (Å²) >= 11 is -0.432. The van der Waals surface area contributed by atoms with Gasteiger partial charge in [-0.1, -0.05) is 0 Å². The summed E-state index contributed by atoms with van der Waals surface area (Å²) in [6, 6.07) is 0. The lowest BCUT2D eigenvalue weighted by molar-refractivity contribution is 0.308. The number of aliphatic hydroxyl groups excluding tert-OH is 1. The average Bonchev–Trinajstić information content (AvgIpc) is 2.49. The molecule has 1 aliphatic heterocycles. The molecule has 0 aliphatic carbocycles. The number of anilines is 2. The first kappa shape index (κ1) is 8.75. The largest absolute Gasteiger partial charge is 0.395 e. The second-order valence-corrected chi connectivity index (χ2v) is 4.49. The Kier molecular flexibility index (Phi) is 2.36. The zero-order chi connectivity index (χ0) is 9.26. The van der Waals surface area contributed by atoms with Gasteiger partial charge in [-0.15, -0.1) is 0 Å². The quantitative estimate of drug-likeness (QED) is 0.615. The number of nitrogen functional groups attached to an aromatic ring is 1. The van der Waals surface area contributed by atoms with Gasteiger partial charge in [0.25, 0.3) is 0 Å². The van der Waals surface area contributed by atoms with Crippen LogP contribution in [0, 0.1) is 0 Å². The van der Waals surface area contributed by atoms with Crippen molar-refractivity contribution in [3.05, 3.63) is 6.20 Å². The van der Waals surface area contributed by atoms with Gasteiger partial charge >= 0.3 is 0 Å². The predicted molar refractivity (Wildman–Crippen MR) is 57.0 cm³/mol. The van der Waals surface area contributed by atoms with E-state index in [1.54, 1.807) is 6.20 Å². The fraction of sp³-hybridized carbons (Fsp3) is 0.333. The van der Waals surface area contributed by atoms with Gasteiger partial charge in [-0.2, -0.15) is 8.13 Å². The van der Waals surface area contributed by atoms with Crippen molar-refractivity contribution >= 4 is 38.8 Å². The van der Waals surface area contributed by atoms with Crippen LogP contribution in [0.3, 0.4) is 0 Å². The van der Waals surface area contributed by atoms with E-state index in [4.69, 9.17) is 10.8 Å². The van der Waals surface area contributed by atoms with Gasteiger partial charge in [0.05, 0.1) is 19.3 Å². The molecule has 7 heteroatoms. The van der Waals surface area contributed by atoms with Gasteiger partial charge in [-0.3, -0.25) is 3.11 Å². The van der Waals surface area contributed by atoms with Crippen molar-refractivity contribution in [2.24, 2.45) is 3.15 Å². The zero-order valence-electron chi connectivity index (χ0n) is 6.68. The molecule has 2 heterocycles. The van der Waals surface area contributed by atoms with Crippen molar-refractivity contribution in [2.75, 3.05) is 22.0 Å². The maximum Gasteiger partial charge on any atom is 0.222 e. The lowest BCUT2D eigenvalue weighted by atomic mass is 10.5. The van der Waals surface area contributed by atoms with E-state index in [1.165, 1.54) is 0 Å². The van der Waals surface area contributed by atoms with E-state index in [2.05, 4.69) is 13.1 Å². The molecule has 1 aromatic rings. The number of halogens is 1. The average molecular weight is 293 g/mol. The highest BCUT2D eigenvalue weighted by Crippen LogP contribution is 2.39. The summed E-state index contributed by atoms with van der Waals surface area (Å²) in [7, 11) is 0. The monoisotopic (exact) mass is 293 g/mol. The summed E-state index contributed by atoms with van der Waals surface area (Å²) in [6.45, 7) is 0.679. The second kappa shape index (κ2) is 3.50. The summed E-state index contributed by atoms with van der Waals surface area (Å²) in [4.78, 5) is 7.92. The van der Waals surface area contributed by atoms with Crippen molar-refractivity contribution in [1.29, 1.82) is 0 Å². The lowest BCUT2D eigenvalue weighted by Crippen LogP contribution is -2.15. The molecule has 0 spiro atoms. The van der Waals surface area contributed by atoms with E-state index in [1.807, 2.05) is 3.11 Å². The van der Waals surface area contributed by atoms with E-state index < -0.39 is 21.3 Å². The molecule has 0 aromatic carbocycles. The molecule has 6 nitrogen and oxygen atoms in total. The molecule has 3 N–H and O–H groups in total. The standard InChI is InChI=1S/C6H8IN5O/c8-6-9-3-4-5(10-6)12(1-2-13)7-11-4/h3,13H,1-2H2,(H2,8,9,10). The number of fused-ring (bicyclic) bond motifs is 1. The first-order valence-corrected chi connectivity index (χ1v) is 5.60. The van der Waals surface area contributed by atoms with Gasteiger partial charge in [-0.25, -0.2) is 4.98 Å². The topological polar surface area (TPSA) is 87.6 Å². The Balaban J connectivity index is 2.34. The number of rotatable bonds is 2. The maximum absolute atomic E-state index is 8.78. The van der Waals surface area contributed by atoms with E-state index in [0.29, 0.717) is 6.54 Å².